The number of nitrogens with zero attached hydrogens (tertiary/aromatic N) is 2. The lowest BCUT2D eigenvalue weighted by Gasteiger charge is -2.54. The van der Waals surface area contributed by atoms with Crippen LogP contribution in [-0.4, -0.2) is 73.2 Å². The number of fused-ring (bicyclic) bond motifs is 3. The molecule has 0 unspecified atom stereocenters. The van der Waals surface area contributed by atoms with Crippen LogP contribution < -0.4 is 9.22 Å². The van der Waals surface area contributed by atoms with Crippen LogP contribution in [-0.2, 0) is 9.53 Å². The number of piperazine rings is 3. The van der Waals surface area contributed by atoms with Crippen LogP contribution in [0.1, 0.15) is 43.6 Å². The second-order valence-corrected chi connectivity index (χ2v) is 11.2. The van der Waals surface area contributed by atoms with Gasteiger partial charge in [-0.3, -0.25) is 13.8 Å². The number of esters is 1. The predicted octanol–water partition coefficient (Wildman–Crippen LogP) is 5.03. The first-order valence-electron chi connectivity index (χ1n) is 12.1. The fourth-order valence-corrected chi connectivity index (χ4v) is 5.46. The fraction of sp³-hybridized carbons (Fsp3) is 0.481. The van der Waals surface area contributed by atoms with Gasteiger partial charge in [-0.05, 0) is 64.1 Å². The van der Waals surface area contributed by atoms with Gasteiger partial charge in [-0.25, -0.2) is 4.79 Å². The van der Waals surface area contributed by atoms with Crippen molar-refractivity contribution < 1.29 is 23.5 Å². The molecular formula is C27H34Cl2N2O4+2. The molecule has 0 spiro atoms. The lowest BCUT2D eigenvalue weighted by molar-refractivity contribution is -0.930. The summed E-state index contributed by atoms with van der Waals surface area (Å²) in [4.78, 5) is 26.1. The minimum absolute atomic E-state index is 0.0777. The molecule has 0 N–H and O–H groups in total. The summed E-state index contributed by atoms with van der Waals surface area (Å²) < 4.78 is 13.4. The number of ketones is 1. The van der Waals surface area contributed by atoms with Crippen LogP contribution in [0.3, 0.4) is 0 Å². The van der Waals surface area contributed by atoms with E-state index in [4.69, 9.17) is 32.7 Å². The Morgan fingerprint density at radius 1 is 0.943 bits per heavy atom. The van der Waals surface area contributed by atoms with Gasteiger partial charge >= 0.3 is 5.97 Å². The van der Waals surface area contributed by atoms with Gasteiger partial charge in [0.05, 0.1) is 6.10 Å². The number of alkyl halides is 1. The number of hydrogen-bond donors (Lipinski definition) is 0. The molecule has 8 heteroatoms. The van der Waals surface area contributed by atoms with E-state index in [-0.39, 0.29) is 11.9 Å². The smallest absolute Gasteiger partial charge is 0.350 e. The topological polar surface area (TPSA) is 52.6 Å². The molecule has 5 rings (SSSR count). The maximum atomic E-state index is 13.3. The van der Waals surface area contributed by atoms with Gasteiger partial charge in [0.2, 0.25) is 5.60 Å². The molecule has 6 nitrogen and oxygen atoms in total. The summed E-state index contributed by atoms with van der Waals surface area (Å²) in [6, 6.07) is 13.1. The molecule has 3 fully saturated rings. The Labute approximate surface area is 217 Å². The van der Waals surface area contributed by atoms with E-state index < -0.39 is 11.6 Å². The SMILES string of the molecule is CC(C)OC(=O)C(C)(C)Oc1ccc(C(=O)c2ccc(Cl)cc2)cc1[N+]12CC[N+](CCl)(CC1)CC2. The molecule has 2 aromatic carbocycles. The third-order valence-electron chi connectivity index (χ3n) is 7.30. The third kappa shape index (κ3) is 5.21. The van der Waals surface area contributed by atoms with E-state index >= 15 is 0 Å². The van der Waals surface area contributed by atoms with Crippen molar-refractivity contribution in [2.24, 2.45) is 0 Å². The van der Waals surface area contributed by atoms with Crippen molar-refractivity contribution in [3.05, 3.63) is 58.6 Å². The van der Waals surface area contributed by atoms with Gasteiger partial charge in [0.1, 0.15) is 39.3 Å². The van der Waals surface area contributed by atoms with Gasteiger partial charge in [-0.2, -0.15) is 0 Å². The van der Waals surface area contributed by atoms with E-state index in [1.54, 1.807) is 44.2 Å². The molecule has 3 aliphatic heterocycles. The molecule has 3 aliphatic rings. The van der Waals surface area contributed by atoms with Crippen molar-refractivity contribution in [3.8, 4) is 5.75 Å². The first-order valence-corrected chi connectivity index (χ1v) is 13.0. The normalized spacial score (nSPS) is 23.9. The van der Waals surface area contributed by atoms with Crippen LogP contribution >= 0.6 is 23.2 Å². The van der Waals surface area contributed by atoms with Gasteiger partial charge in [0.15, 0.2) is 23.2 Å². The van der Waals surface area contributed by atoms with E-state index in [0.717, 1.165) is 49.4 Å². The molecule has 0 saturated carbocycles. The number of ether oxygens (including phenoxy) is 2. The summed E-state index contributed by atoms with van der Waals surface area (Å²) in [6.07, 6.45) is -0.239. The molecule has 2 bridgehead atoms. The van der Waals surface area contributed by atoms with Crippen molar-refractivity contribution in [3.63, 3.8) is 0 Å². The van der Waals surface area contributed by atoms with Crippen molar-refractivity contribution in [2.75, 3.05) is 45.3 Å². The standard InChI is InChI=1S/C27H34Cl2N2O4/c1-19(2)34-26(33)27(3,4)35-24-10-7-21(25(32)20-5-8-22(29)9-6-20)17-23(24)31-14-11-30(18-28,12-15-31)13-16-31/h5-10,17,19H,11-16,18H2,1-4H3/q+2. The minimum Gasteiger partial charge on any atom is -0.470 e. The molecule has 0 aromatic heterocycles. The zero-order valence-electron chi connectivity index (χ0n) is 20.9. The second-order valence-electron chi connectivity index (χ2n) is 10.5. The van der Waals surface area contributed by atoms with Crippen molar-refractivity contribution >= 4 is 40.6 Å². The zero-order chi connectivity index (χ0) is 25.4. The summed E-state index contributed by atoms with van der Waals surface area (Å²) in [7, 11) is 0. The van der Waals surface area contributed by atoms with Crippen LogP contribution in [0.4, 0.5) is 5.69 Å². The molecule has 3 heterocycles. The number of benzene rings is 2. The molecule has 0 radical (unpaired) electrons. The van der Waals surface area contributed by atoms with Crippen LogP contribution in [0.5, 0.6) is 5.75 Å². The van der Waals surface area contributed by atoms with E-state index in [2.05, 4.69) is 0 Å². The van der Waals surface area contributed by atoms with Gasteiger partial charge in [-0.15, -0.1) is 0 Å². The summed E-state index contributed by atoms with van der Waals surface area (Å²) in [5.74, 6) is 0.108. The van der Waals surface area contributed by atoms with E-state index in [0.29, 0.717) is 32.4 Å². The summed E-state index contributed by atoms with van der Waals surface area (Å²) in [5.41, 5.74) is 0.909. The Bertz CT molecular complexity index is 1090. The molecule has 3 saturated heterocycles. The number of hydrogen-bond acceptors (Lipinski definition) is 4. The fourth-order valence-electron chi connectivity index (χ4n) is 4.98. The lowest BCUT2D eigenvalue weighted by Crippen LogP contribution is -2.75. The number of carbonyl (C=O) groups excluding carboxylic acids is 2. The quantitative estimate of drug-likeness (QED) is 0.161. The van der Waals surface area contributed by atoms with Gasteiger partial charge in [0.25, 0.3) is 0 Å². The first-order chi connectivity index (χ1) is 16.5. The van der Waals surface area contributed by atoms with Gasteiger partial charge < -0.3 is 9.47 Å². The largest absolute Gasteiger partial charge is 0.470 e. The Hall–Kier alpha value is -2.12. The lowest BCUT2D eigenvalue weighted by atomic mass is 9.99. The van der Waals surface area contributed by atoms with E-state index in [9.17, 15) is 9.59 Å². The Kier molecular flexibility index (Phi) is 7.22. The number of carbonyl (C=O) groups is 2. The molecule has 188 valence electrons. The Balaban J connectivity index is 1.73. The van der Waals surface area contributed by atoms with Crippen molar-refractivity contribution in [1.82, 2.24) is 4.48 Å². The molecule has 0 amide bonds. The highest BCUT2D eigenvalue weighted by Gasteiger charge is 2.51. The molecule has 35 heavy (non-hydrogen) atoms. The van der Waals surface area contributed by atoms with Gasteiger partial charge in [-0.1, -0.05) is 23.2 Å². The zero-order valence-corrected chi connectivity index (χ0v) is 22.4. The van der Waals surface area contributed by atoms with Crippen molar-refractivity contribution in [2.45, 2.75) is 39.4 Å². The second kappa shape index (κ2) is 9.74. The van der Waals surface area contributed by atoms with Crippen LogP contribution in [0.2, 0.25) is 5.02 Å². The molecule has 0 atom stereocenters. The molecular weight excluding hydrogens is 487 g/mol. The Morgan fingerprint density at radius 3 is 2.06 bits per heavy atom. The van der Waals surface area contributed by atoms with E-state index in [1.165, 1.54) is 0 Å². The maximum Gasteiger partial charge on any atom is 0.350 e. The monoisotopic (exact) mass is 520 g/mol. The Morgan fingerprint density at radius 2 is 1.51 bits per heavy atom. The summed E-state index contributed by atoms with van der Waals surface area (Å²) in [6.45, 7) is 12.7. The molecule has 0 aliphatic carbocycles. The maximum absolute atomic E-state index is 13.3. The van der Waals surface area contributed by atoms with Crippen LogP contribution in [0, 0.1) is 0 Å². The number of quaternary nitrogens is 2. The van der Waals surface area contributed by atoms with Crippen LogP contribution in [0.15, 0.2) is 42.5 Å². The predicted molar refractivity (Wildman–Crippen MR) is 139 cm³/mol. The number of rotatable bonds is 8. The highest BCUT2D eigenvalue weighted by Crippen LogP contribution is 2.41. The van der Waals surface area contributed by atoms with Gasteiger partial charge in [0, 0.05) is 22.2 Å². The highest BCUT2D eigenvalue weighted by atomic mass is 35.5. The third-order valence-corrected chi connectivity index (χ3v) is 8.06. The molecule has 2 aromatic rings. The minimum atomic E-state index is -1.18. The summed E-state index contributed by atoms with van der Waals surface area (Å²) >= 11 is 12.3. The highest BCUT2D eigenvalue weighted by molar-refractivity contribution is 6.30. The van der Waals surface area contributed by atoms with Crippen molar-refractivity contribution in [1.29, 1.82) is 0 Å². The average Bonchev–Trinajstić information content (AvgIpc) is 2.85. The van der Waals surface area contributed by atoms with E-state index in [1.807, 2.05) is 26.0 Å². The van der Waals surface area contributed by atoms with Crippen LogP contribution in [0.25, 0.3) is 0 Å². The summed E-state index contributed by atoms with van der Waals surface area (Å²) in [5, 5.41) is 0.586. The number of halogens is 2. The average molecular weight is 521 g/mol. The first kappa shape index (κ1) is 26.0.